The number of carbonyl (C=O) groups is 1. The average molecular weight is 449 g/mol. The van der Waals surface area contributed by atoms with Gasteiger partial charge >= 0.3 is 0 Å². The third-order valence-electron chi connectivity index (χ3n) is 6.67. The predicted molar refractivity (Wildman–Crippen MR) is 124 cm³/mol. The molecular formula is C26H29FN4O2. The summed E-state index contributed by atoms with van der Waals surface area (Å²) in [6.45, 7) is 3.13. The minimum absolute atomic E-state index is 0.161. The van der Waals surface area contributed by atoms with Crippen molar-refractivity contribution < 1.29 is 14.3 Å². The molecule has 2 aromatic carbocycles. The Morgan fingerprint density at radius 1 is 1.06 bits per heavy atom. The molecule has 6 nitrogen and oxygen atoms in total. The number of carbonyl (C=O) groups excluding carboxylic acids is 1. The molecule has 2 aliphatic rings. The second-order valence-electron chi connectivity index (χ2n) is 9.00. The predicted octanol–water partition coefficient (Wildman–Crippen LogP) is 3.39. The molecule has 0 radical (unpaired) electrons. The fourth-order valence-electron chi connectivity index (χ4n) is 4.81. The standard InChI is InChI=1S/C26H29FN4O2/c27-22-5-1-2-6-24(22)31-23-7-3-4-21(23)25(29-31)26(33)28-16-18-8-10-19(11-9-18)17-30-14-12-20(32)13-15-30/h1-2,5-6,8-11,20,32H,3-4,7,12-17H2,(H,28,33). The van der Waals surface area contributed by atoms with Crippen LogP contribution < -0.4 is 5.32 Å². The van der Waals surface area contributed by atoms with Gasteiger partial charge in [-0.3, -0.25) is 9.69 Å². The maximum absolute atomic E-state index is 14.3. The van der Waals surface area contributed by atoms with Gasteiger partial charge in [-0.15, -0.1) is 0 Å². The molecule has 1 aromatic heterocycles. The van der Waals surface area contributed by atoms with Crippen LogP contribution in [0, 0.1) is 5.82 Å². The van der Waals surface area contributed by atoms with Crippen molar-refractivity contribution in [3.8, 4) is 5.69 Å². The van der Waals surface area contributed by atoms with E-state index < -0.39 is 0 Å². The van der Waals surface area contributed by atoms with Gasteiger partial charge in [0.2, 0.25) is 0 Å². The van der Waals surface area contributed by atoms with E-state index in [4.69, 9.17) is 0 Å². The first-order valence-corrected chi connectivity index (χ1v) is 11.7. The summed E-state index contributed by atoms with van der Waals surface area (Å²) >= 11 is 0. The van der Waals surface area contributed by atoms with Crippen molar-refractivity contribution in [2.24, 2.45) is 0 Å². The number of likely N-dealkylation sites (tertiary alicyclic amines) is 1. The van der Waals surface area contributed by atoms with E-state index in [1.165, 1.54) is 11.6 Å². The molecule has 1 aliphatic heterocycles. The molecule has 7 heteroatoms. The van der Waals surface area contributed by atoms with E-state index >= 15 is 0 Å². The lowest BCUT2D eigenvalue weighted by Gasteiger charge is -2.29. The number of aliphatic hydroxyl groups excluding tert-OH is 1. The Balaban J connectivity index is 1.24. The summed E-state index contributed by atoms with van der Waals surface area (Å²) in [5.74, 6) is -0.568. The molecule has 2 heterocycles. The lowest BCUT2D eigenvalue weighted by molar-refractivity contribution is 0.0792. The maximum atomic E-state index is 14.3. The summed E-state index contributed by atoms with van der Waals surface area (Å²) in [5.41, 5.74) is 4.88. The average Bonchev–Trinajstić information content (AvgIpc) is 3.44. The van der Waals surface area contributed by atoms with Gasteiger partial charge in [0, 0.05) is 37.4 Å². The van der Waals surface area contributed by atoms with E-state index in [-0.39, 0.29) is 17.8 Å². The topological polar surface area (TPSA) is 70.4 Å². The molecule has 1 aliphatic carbocycles. The number of aliphatic hydroxyl groups is 1. The number of rotatable bonds is 6. The first-order chi connectivity index (χ1) is 16.1. The smallest absolute Gasteiger partial charge is 0.272 e. The van der Waals surface area contributed by atoms with Crippen LogP contribution in [0.25, 0.3) is 5.69 Å². The Morgan fingerprint density at radius 2 is 1.79 bits per heavy atom. The molecule has 1 fully saturated rings. The van der Waals surface area contributed by atoms with Crippen LogP contribution in [0.5, 0.6) is 0 Å². The minimum Gasteiger partial charge on any atom is -0.393 e. The molecule has 1 saturated heterocycles. The third kappa shape index (κ3) is 4.70. The van der Waals surface area contributed by atoms with Gasteiger partial charge < -0.3 is 10.4 Å². The fraction of sp³-hybridized carbons (Fsp3) is 0.385. The van der Waals surface area contributed by atoms with E-state index in [1.54, 1.807) is 22.9 Å². The highest BCUT2D eigenvalue weighted by molar-refractivity contribution is 5.94. The molecule has 0 spiro atoms. The summed E-state index contributed by atoms with van der Waals surface area (Å²) in [5, 5.41) is 17.1. The molecule has 0 atom stereocenters. The Hall–Kier alpha value is -3.03. The van der Waals surface area contributed by atoms with Crippen LogP contribution in [0.4, 0.5) is 4.39 Å². The second-order valence-corrected chi connectivity index (χ2v) is 9.00. The Morgan fingerprint density at radius 3 is 2.55 bits per heavy atom. The Labute approximate surface area is 193 Å². The Bertz CT molecular complexity index is 1130. The molecule has 0 bridgehead atoms. The third-order valence-corrected chi connectivity index (χ3v) is 6.67. The van der Waals surface area contributed by atoms with Crippen LogP contribution in [-0.4, -0.2) is 44.9 Å². The lowest BCUT2D eigenvalue weighted by atomic mass is 10.1. The Kier molecular flexibility index (Phi) is 6.24. The van der Waals surface area contributed by atoms with E-state index in [9.17, 15) is 14.3 Å². The van der Waals surface area contributed by atoms with Crippen molar-refractivity contribution in [3.63, 3.8) is 0 Å². The number of hydrogen-bond donors (Lipinski definition) is 2. The number of benzene rings is 2. The molecule has 1 amide bonds. The summed E-state index contributed by atoms with van der Waals surface area (Å²) < 4.78 is 15.9. The zero-order valence-corrected chi connectivity index (χ0v) is 18.6. The number of amides is 1. The monoisotopic (exact) mass is 448 g/mol. The van der Waals surface area contributed by atoms with Gasteiger partial charge in [-0.25, -0.2) is 9.07 Å². The number of nitrogens with zero attached hydrogens (tertiary/aromatic N) is 3. The number of nitrogens with one attached hydrogen (secondary N) is 1. The molecule has 172 valence electrons. The van der Waals surface area contributed by atoms with E-state index in [2.05, 4.69) is 27.4 Å². The first-order valence-electron chi connectivity index (χ1n) is 11.7. The van der Waals surface area contributed by atoms with Crippen LogP contribution in [0.3, 0.4) is 0 Å². The molecule has 2 N–H and O–H groups in total. The zero-order valence-electron chi connectivity index (χ0n) is 18.6. The molecule has 3 aromatic rings. The van der Waals surface area contributed by atoms with Crippen molar-refractivity contribution in [1.29, 1.82) is 0 Å². The fourth-order valence-corrected chi connectivity index (χ4v) is 4.81. The van der Waals surface area contributed by atoms with Gasteiger partial charge in [0.25, 0.3) is 5.91 Å². The molecule has 33 heavy (non-hydrogen) atoms. The van der Waals surface area contributed by atoms with Crippen molar-refractivity contribution in [2.45, 2.75) is 51.3 Å². The quantitative estimate of drug-likeness (QED) is 0.607. The van der Waals surface area contributed by atoms with Crippen LogP contribution in [-0.2, 0) is 25.9 Å². The van der Waals surface area contributed by atoms with E-state index in [0.29, 0.717) is 17.9 Å². The first kappa shape index (κ1) is 21.8. The molecule has 0 saturated carbocycles. The van der Waals surface area contributed by atoms with Crippen molar-refractivity contribution in [2.75, 3.05) is 13.1 Å². The lowest BCUT2D eigenvalue weighted by Crippen LogP contribution is -2.35. The number of hydrogen-bond acceptors (Lipinski definition) is 4. The second kappa shape index (κ2) is 9.45. The number of para-hydroxylation sites is 1. The number of halogens is 1. The minimum atomic E-state index is -0.345. The van der Waals surface area contributed by atoms with Gasteiger partial charge in [-0.05, 0) is 55.4 Å². The molecule has 0 unspecified atom stereocenters. The van der Waals surface area contributed by atoms with E-state index in [0.717, 1.165) is 68.6 Å². The van der Waals surface area contributed by atoms with Crippen LogP contribution in [0.1, 0.15) is 52.1 Å². The molecule has 5 rings (SSSR count). The summed E-state index contributed by atoms with van der Waals surface area (Å²) in [6.07, 6.45) is 4.03. The highest BCUT2D eigenvalue weighted by atomic mass is 19.1. The van der Waals surface area contributed by atoms with Crippen LogP contribution >= 0.6 is 0 Å². The number of piperidine rings is 1. The van der Waals surface area contributed by atoms with Crippen molar-refractivity contribution in [3.05, 3.63) is 82.4 Å². The van der Waals surface area contributed by atoms with Crippen molar-refractivity contribution in [1.82, 2.24) is 20.0 Å². The molecular weight excluding hydrogens is 419 g/mol. The largest absolute Gasteiger partial charge is 0.393 e. The zero-order chi connectivity index (χ0) is 22.8. The highest BCUT2D eigenvalue weighted by Crippen LogP contribution is 2.28. The van der Waals surface area contributed by atoms with E-state index in [1.807, 2.05) is 12.1 Å². The normalized spacial score (nSPS) is 16.7. The van der Waals surface area contributed by atoms with Gasteiger partial charge in [-0.2, -0.15) is 5.10 Å². The van der Waals surface area contributed by atoms with Gasteiger partial charge in [0.1, 0.15) is 11.5 Å². The van der Waals surface area contributed by atoms with Gasteiger partial charge in [-0.1, -0.05) is 36.4 Å². The highest BCUT2D eigenvalue weighted by Gasteiger charge is 2.27. The SMILES string of the molecule is O=C(NCc1ccc(CN2CCC(O)CC2)cc1)c1nn(-c2ccccc2F)c2c1CCC2. The van der Waals surface area contributed by atoms with Crippen LogP contribution in [0.15, 0.2) is 48.5 Å². The van der Waals surface area contributed by atoms with Crippen LogP contribution in [0.2, 0.25) is 0 Å². The number of fused-ring (bicyclic) bond motifs is 1. The summed E-state index contributed by atoms with van der Waals surface area (Å²) in [4.78, 5) is 15.3. The van der Waals surface area contributed by atoms with Gasteiger partial charge in [0.15, 0.2) is 5.69 Å². The maximum Gasteiger partial charge on any atom is 0.272 e. The van der Waals surface area contributed by atoms with Crippen molar-refractivity contribution >= 4 is 5.91 Å². The summed E-state index contributed by atoms with van der Waals surface area (Å²) in [6, 6.07) is 14.8. The van der Waals surface area contributed by atoms with Gasteiger partial charge in [0.05, 0.1) is 6.10 Å². The summed E-state index contributed by atoms with van der Waals surface area (Å²) in [7, 11) is 0. The number of aromatic nitrogens is 2.